The summed E-state index contributed by atoms with van der Waals surface area (Å²) in [4.78, 5) is 4.69. The van der Waals surface area contributed by atoms with Crippen molar-refractivity contribution in [1.29, 1.82) is 0 Å². The first-order valence-corrected chi connectivity index (χ1v) is 9.95. The molecule has 0 saturated heterocycles. The minimum Gasteiger partial charge on any atom is -0.294 e. The van der Waals surface area contributed by atoms with Gasteiger partial charge in [0.25, 0.3) is 0 Å². The van der Waals surface area contributed by atoms with Crippen LogP contribution in [0.1, 0.15) is 13.8 Å². The van der Waals surface area contributed by atoms with Crippen molar-refractivity contribution in [2.45, 2.75) is 13.8 Å². The van der Waals surface area contributed by atoms with Crippen molar-refractivity contribution in [3.63, 3.8) is 0 Å². The second-order valence-corrected chi connectivity index (χ2v) is 9.01. The first kappa shape index (κ1) is 15.4. The molecule has 1 atom stereocenters. The first-order chi connectivity index (χ1) is 10.7. The monoisotopic (exact) mass is 330 g/mol. The average Bonchev–Trinajstić information content (AvgIpc) is 3.01. The number of thiazole rings is 1. The molecule has 0 N–H and O–H groups in total. The van der Waals surface area contributed by atoms with E-state index < -0.39 is 7.29 Å². The summed E-state index contributed by atoms with van der Waals surface area (Å²) in [5.74, 6) is 0. The van der Waals surface area contributed by atoms with Crippen molar-refractivity contribution < 1.29 is 4.57 Å². The maximum Gasteiger partial charge on any atom is 0.234 e. The summed E-state index contributed by atoms with van der Waals surface area (Å²) in [6.07, 6.45) is 0. The molecule has 3 rings (SSSR count). The number of fused-ring (bicyclic) bond motifs is 1. The minimum atomic E-state index is -2.87. The van der Waals surface area contributed by atoms with Crippen LogP contribution < -0.4 is 10.1 Å². The van der Waals surface area contributed by atoms with E-state index in [4.69, 9.17) is 4.98 Å². The third kappa shape index (κ3) is 2.52. The fourth-order valence-electron chi connectivity index (χ4n) is 2.64. The van der Waals surface area contributed by atoms with Crippen LogP contribution >= 0.6 is 18.6 Å². The van der Waals surface area contributed by atoms with Crippen LogP contribution in [0.2, 0.25) is 0 Å². The van der Waals surface area contributed by atoms with Crippen molar-refractivity contribution in [1.82, 2.24) is 9.65 Å². The van der Waals surface area contributed by atoms with E-state index in [1.165, 1.54) is 0 Å². The number of aromatic nitrogens is 1. The van der Waals surface area contributed by atoms with Crippen molar-refractivity contribution in [2.75, 3.05) is 13.1 Å². The van der Waals surface area contributed by atoms with Gasteiger partial charge in [0.05, 0.1) is 10.2 Å². The molecule has 0 fully saturated rings. The lowest BCUT2D eigenvalue weighted by Crippen LogP contribution is -2.32. The lowest BCUT2D eigenvalue weighted by atomic mass is 10.3. The molecule has 1 heterocycles. The zero-order valence-corrected chi connectivity index (χ0v) is 14.5. The normalized spacial score (nSPS) is 14.3. The SMILES string of the molecule is CCN(CC)[P@@](=O)(c1ccccc1)c1nc2ccccc2s1. The molecule has 0 unspecified atom stereocenters. The lowest BCUT2D eigenvalue weighted by molar-refractivity contribution is 0.458. The Morgan fingerprint density at radius 3 is 2.27 bits per heavy atom. The molecule has 0 bridgehead atoms. The highest BCUT2D eigenvalue weighted by atomic mass is 32.1. The van der Waals surface area contributed by atoms with E-state index in [0.717, 1.165) is 33.4 Å². The van der Waals surface area contributed by atoms with Crippen LogP contribution in [0.4, 0.5) is 0 Å². The molecule has 22 heavy (non-hydrogen) atoms. The van der Waals surface area contributed by atoms with E-state index in [-0.39, 0.29) is 0 Å². The Balaban J connectivity index is 2.23. The largest absolute Gasteiger partial charge is 0.294 e. The Morgan fingerprint density at radius 1 is 1.00 bits per heavy atom. The van der Waals surface area contributed by atoms with Crippen LogP contribution in [0.3, 0.4) is 0 Å². The van der Waals surface area contributed by atoms with Gasteiger partial charge in [0.2, 0.25) is 7.29 Å². The Labute approximate surface area is 135 Å². The Kier molecular flexibility index (Phi) is 4.44. The number of benzene rings is 2. The van der Waals surface area contributed by atoms with Crippen LogP contribution in [0.5, 0.6) is 0 Å². The highest BCUT2D eigenvalue weighted by molar-refractivity contribution is 7.81. The smallest absolute Gasteiger partial charge is 0.234 e. The predicted molar refractivity (Wildman–Crippen MR) is 95.9 cm³/mol. The Morgan fingerprint density at radius 2 is 1.64 bits per heavy atom. The second kappa shape index (κ2) is 6.33. The molecule has 1 aromatic heterocycles. The summed E-state index contributed by atoms with van der Waals surface area (Å²) >= 11 is 1.54. The summed E-state index contributed by atoms with van der Waals surface area (Å²) in [7, 11) is -2.87. The lowest BCUT2D eigenvalue weighted by Gasteiger charge is -2.28. The van der Waals surface area contributed by atoms with Crippen molar-refractivity contribution >= 4 is 38.9 Å². The van der Waals surface area contributed by atoms with Crippen molar-refractivity contribution in [3.05, 3.63) is 54.6 Å². The fraction of sp³-hybridized carbons (Fsp3) is 0.235. The molecular formula is C17H19N2OPS. The van der Waals surface area contributed by atoms with Crippen LogP contribution in [-0.4, -0.2) is 22.7 Å². The summed E-state index contributed by atoms with van der Waals surface area (Å²) in [5.41, 5.74) is 0.922. The Hall–Kier alpha value is -1.48. The minimum absolute atomic E-state index is 0.726. The fourth-order valence-corrected chi connectivity index (χ4v) is 7.20. The first-order valence-electron chi connectivity index (χ1n) is 7.47. The van der Waals surface area contributed by atoms with Gasteiger partial charge in [-0.2, -0.15) is 0 Å². The molecular weight excluding hydrogens is 311 g/mol. The van der Waals surface area contributed by atoms with Gasteiger partial charge in [-0.05, 0) is 24.3 Å². The third-order valence-electron chi connectivity index (χ3n) is 3.78. The van der Waals surface area contributed by atoms with Gasteiger partial charge in [0.1, 0.15) is 0 Å². The third-order valence-corrected chi connectivity index (χ3v) is 8.61. The number of hydrogen-bond acceptors (Lipinski definition) is 3. The molecule has 0 spiro atoms. The van der Waals surface area contributed by atoms with Crippen molar-refractivity contribution in [2.24, 2.45) is 0 Å². The van der Waals surface area contributed by atoms with Gasteiger partial charge in [-0.15, -0.1) is 11.3 Å². The average molecular weight is 330 g/mol. The van der Waals surface area contributed by atoms with Crippen LogP contribution in [0.15, 0.2) is 54.6 Å². The van der Waals surface area contributed by atoms with Gasteiger partial charge in [-0.3, -0.25) is 4.57 Å². The quantitative estimate of drug-likeness (QED) is 0.666. The highest BCUT2D eigenvalue weighted by Crippen LogP contribution is 2.48. The van der Waals surface area contributed by atoms with Crippen molar-refractivity contribution in [3.8, 4) is 0 Å². The number of rotatable bonds is 5. The van der Waals surface area contributed by atoms with E-state index in [2.05, 4.69) is 0 Å². The van der Waals surface area contributed by atoms with Crippen LogP contribution in [-0.2, 0) is 4.57 Å². The van der Waals surface area contributed by atoms with E-state index in [0.29, 0.717) is 0 Å². The Bertz CT molecular complexity index is 779. The van der Waals surface area contributed by atoms with E-state index in [9.17, 15) is 4.57 Å². The summed E-state index contributed by atoms with van der Waals surface area (Å²) < 4.78 is 17.9. The maximum absolute atomic E-state index is 14.0. The number of nitrogens with zero attached hydrogens (tertiary/aromatic N) is 2. The molecule has 5 heteroatoms. The zero-order chi connectivity index (χ0) is 15.6. The number of para-hydroxylation sites is 1. The molecule has 0 amide bonds. The van der Waals surface area contributed by atoms with Gasteiger partial charge in [0, 0.05) is 18.4 Å². The molecule has 0 saturated carbocycles. The summed E-state index contributed by atoms with van der Waals surface area (Å²) in [5, 5.41) is 0.859. The standard InChI is InChI=1S/C17H19N2OPS/c1-3-19(4-2)21(20,14-10-6-5-7-11-14)17-18-15-12-8-9-13-16(15)22-17/h5-13H,3-4H2,1-2H3/t21-/m1/s1. The molecule has 0 aliphatic heterocycles. The molecule has 114 valence electrons. The number of hydrogen-bond donors (Lipinski definition) is 0. The molecule has 3 aromatic rings. The highest BCUT2D eigenvalue weighted by Gasteiger charge is 2.36. The second-order valence-electron chi connectivity index (χ2n) is 5.01. The maximum atomic E-state index is 14.0. The predicted octanol–water partition coefficient (Wildman–Crippen LogP) is 3.87. The van der Waals surface area contributed by atoms with E-state index in [1.54, 1.807) is 11.3 Å². The molecule has 2 aromatic carbocycles. The van der Waals surface area contributed by atoms with E-state index >= 15 is 0 Å². The van der Waals surface area contributed by atoms with Gasteiger partial charge in [-0.1, -0.05) is 44.2 Å². The van der Waals surface area contributed by atoms with Gasteiger partial charge in [-0.25, -0.2) is 9.65 Å². The van der Waals surface area contributed by atoms with Crippen LogP contribution in [0.25, 0.3) is 10.2 Å². The van der Waals surface area contributed by atoms with Gasteiger partial charge in [0.15, 0.2) is 4.75 Å². The zero-order valence-electron chi connectivity index (χ0n) is 12.8. The molecule has 0 aliphatic rings. The molecule has 3 nitrogen and oxygen atoms in total. The van der Waals surface area contributed by atoms with E-state index in [1.807, 2.05) is 73.1 Å². The molecule has 0 aliphatic carbocycles. The summed E-state index contributed by atoms with van der Waals surface area (Å²) in [6, 6.07) is 17.7. The van der Waals surface area contributed by atoms with Gasteiger partial charge >= 0.3 is 0 Å². The molecule has 0 radical (unpaired) electrons. The topological polar surface area (TPSA) is 33.2 Å². The van der Waals surface area contributed by atoms with Gasteiger partial charge < -0.3 is 0 Å². The van der Waals surface area contributed by atoms with Crippen LogP contribution in [0, 0.1) is 0 Å². The summed E-state index contributed by atoms with van der Waals surface area (Å²) in [6.45, 7) is 5.57.